The molecule has 2 unspecified atom stereocenters. The minimum absolute atomic E-state index is 0.0450. The highest BCUT2D eigenvalue weighted by Gasteiger charge is 2.41. The zero-order valence-corrected chi connectivity index (χ0v) is 25.5. The number of hydrogen-bond acceptors (Lipinski definition) is 8. The highest BCUT2D eigenvalue weighted by molar-refractivity contribution is 8.00. The first kappa shape index (κ1) is 31.3. The molecule has 12 heteroatoms. The summed E-state index contributed by atoms with van der Waals surface area (Å²) in [6, 6.07) is 23.0. The SMILES string of the molecule is CC(SC1COC(c2ccc(C(=O)Nc3ccc(C#N)c4ccccc34)cc2)OC1)C(O)(Cn1cncn1)c1ccc(F)cc1F. The van der Waals surface area contributed by atoms with E-state index in [9.17, 15) is 23.9 Å². The number of aliphatic hydroxyl groups is 1. The van der Waals surface area contributed by atoms with Crippen molar-refractivity contribution in [2.45, 2.75) is 35.9 Å². The lowest BCUT2D eigenvalue weighted by molar-refractivity contribution is -0.180. The Morgan fingerprint density at radius 1 is 1.11 bits per heavy atom. The molecule has 2 atom stereocenters. The van der Waals surface area contributed by atoms with Crippen molar-refractivity contribution in [2.75, 3.05) is 18.5 Å². The van der Waals surface area contributed by atoms with Crippen molar-refractivity contribution in [2.24, 2.45) is 0 Å². The number of ether oxygens (including phenoxy) is 2. The zero-order valence-electron chi connectivity index (χ0n) is 24.6. The van der Waals surface area contributed by atoms with Crippen molar-refractivity contribution in [3.63, 3.8) is 0 Å². The Morgan fingerprint density at radius 2 is 1.85 bits per heavy atom. The van der Waals surface area contributed by atoms with Crippen LogP contribution in [0.1, 0.15) is 40.3 Å². The minimum Gasteiger partial charge on any atom is -0.382 e. The van der Waals surface area contributed by atoms with E-state index in [4.69, 9.17) is 9.47 Å². The molecule has 0 bridgehead atoms. The summed E-state index contributed by atoms with van der Waals surface area (Å²) in [6.45, 7) is 2.25. The molecule has 1 aliphatic heterocycles. The van der Waals surface area contributed by atoms with Crippen LogP contribution in [-0.4, -0.2) is 49.5 Å². The van der Waals surface area contributed by atoms with E-state index >= 15 is 0 Å². The summed E-state index contributed by atoms with van der Waals surface area (Å²) in [4.78, 5) is 17.0. The van der Waals surface area contributed by atoms with E-state index in [1.54, 1.807) is 43.3 Å². The van der Waals surface area contributed by atoms with E-state index in [1.807, 2.05) is 24.3 Å². The van der Waals surface area contributed by atoms with Gasteiger partial charge in [0.05, 0.1) is 36.6 Å². The molecule has 6 rings (SSSR count). The Bertz CT molecular complexity index is 1890. The molecule has 0 aliphatic carbocycles. The van der Waals surface area contributed by atoms with Crippen molar-refractivity contribution in [3.8, 4) is 6.07 Å². The summed E-state index contributed by atoms with van der Waals surface area (Å²) < 4.78 is 42.0. The van der Waals surface area contributed by atoms with Gasteiger partial charge in [-0.25, -0.2) is 18.4 Å². The second kappa shape index (κ2) is 13.4. The number of rotatable bonds is 9. The first-order chi connectivity index (χ1) is 22.2. The second-order valence-electron chi connectivity index (χ2n) is 10.9. The van der Waals surface area contributed by atoms with Crippen LogP contribution >= 0.6 is 11.8 Å². The van der Waals surface area contributed by atoms with Crippen LogP contribution in [0, 0.1) is 23.0 Å². The number of hydrogen-bond donors (Lipinski definition) is 2. The molecule has 0 saturated carbocycles. The summed E-state index contributed by atoms with van der Waals surface area (Å²) >= 11 is 1.37. The number of nitriles is 1. The third-order valence-electron chi connectivity index (χ3n) is 7.94. The van der Waals surface area contributed by atoms with Crippen molar-refractivity contribution in [3.05, 3.63) is 125 Å². The third-order valence-corrected chi connectivity index (χ3v) is 9.40. The normalized spacial score (nSPS) is 18.4. The average Bonchev–Trinajstić information content (AvgIpc) is 3.58. The summed E-state index contributed by atoms with van der Waals surface area (Å²) in [6.07, 6.45) is 2.08. The molecule has 4 aromatic carbocycles. The van der Waals surface area contributed by atoms with Crippen LogP contribution in [0.5, 0.6) is 0 Å². The number of anilines is 1. The van der Waals surface area contributed by atoms with Crippen LogP contribution < -0.4 is 5.32 Å². The lowest BCUT2D eigenvalue weighted by atomic mass is 9.90. The van der Waals surface area contributed by atoms with Crippen molar-refractivity contribution < 1.29 is 28.2 Å². The molecule has 0 spiro atoms. The highest BCUT2D eigenvalue weighted by Crippen LogP contribution is 2.39. The molecule has 1 amide bonds. The highest BCUT2D eigenvalue weighted by atomic mass is 32.2. The monoisotopic (exact) mass is 641 g/mol. The maximum Gasteiger partial charge on any atom is 0.255 e. The number of amides is 1. The van der Waals surface area contributed by atoms with Crippen LogP contribution in [0.2, 0.25) is 0 Å². The number of carbonyl (C=O) groups is 1. The van der Waals surface area contributed by atoms with Gasteiger partial charge in [0.2, 0.25) is 0 Å². The topological polar surface area (TPSA) is 122 Å². The van der Waals surface area contributed by atoms with Gasteiger partial charge >= 0.3 is 0 Å². The van der Waals surface area contributed by atoms with Crippen molar-refractivity contribution in [1.29, 1.82) is 5.26 Å². The molecule has 1 aliphatic rings. The first-order valence-electron chi connectivity index (χ1n) is 14.5. The molecule has 2 N–H and O–H groups in total. The van der Waals surface area contributed by atoms with Gasteiger partial charge < -0.3 is 19.9 Å². The fraction of sp³-hybridized carbons (Fsp3) is 0.235. The second-order valence-corrected chi connectivity index (χ2v) is 12.6. The molecule has 2 heterocycles. The lowest BCUT2D eigenvalue weighted by Crippen LogP contribution is -2.43. The van der Waals surface area contributed by atoms with E-state index in [2.05, 4.69) is 21.5 Å². The Kier molecular flexibility index (Phi) is 9.10. The first-order valence-corrected chi connectivity index (χ1v) is 15.4. The van der Waals surface area contributed by atoms with E-state index < -0.39 is 28.8 Å². The molecule has 1 aromatic heterocycles. The number of nitrogens with zero attached hydrogens (tertiary/aromatic N) is 4. The molecule has 1 saturated heterocycles. The van der Waals surface area contributed by atoms with E-state index in [-0.39, 0.29) is 23.3 Å². The lowest BCUT2D eigenvalue weighted by Gasteiger charge is -2.37. The van der Waals surface area contributed by atoms with E-state index in [1.165, 1.54) is 35.2 Å². The van der Waals surface area contributed by atoms with Gasteiger partial charge in [-0.05, 0) is 30.3 Å². The standard InChI is InChI=1S/C34H29F2N5O4S/c1-21(34(43,18-41-20-38-19-39-41)29-12-11-25(35)14-30(29)36)46-26-16-44-33(45-17-26)23-8-6-22(7-9-23)32(42)40-31-13-10-24(15-37)27-4-2-3-5-28(27)31/h2-14,19-21,26,33,43H,16-18H2,1H3,(H,40,42). The number of thioether (sulfide) groups is 1. The Labute approximate surface area is 267 Å². The van der Waals surface area contributed by atoms with Gasteiger partial charge in [0.15, 0.2) is 6.29 Å². The third kappa shape index (κ3) is 6.49. The number of fused-ring (bicyclic) bond motifs is 1. The quantitative estimate of drug-likeness (QED) is 0.202. The maximum absolute atomic E-state index is 14.9. The minimum atomic E-state index is -1.74. The Hall–Kier alpha value is -4.67. The van der Waals surface area contributed by atoms with Crippen LogP contribution in [0.25, 0.3) is 10.8 Å². The van der Waals surface area contributed by atoms with E-state index in [0.29, 0.717) is 30.0 Å². The Balaban J connectivity index is 1.09. The number of halogens is 2. The van der Waals surface area contributed by atoms with Gasteiger partial charge in [-0.2, -0.15) is 10.4 Å². The van der Waals surface area contributed by atoms with Gasteiger partial charge in [0.1, 0.15) is 29.9 Å². The summed E-state index contributed by atoms with van der Waals surface area (Å²) in [7, 11) is 0. The predicted octanol–water partition coefficient (Wildman–Crippen LogP) is 5.96. The summed E-state index contributed by atoms with van der Waals surface area (Å²) in [5.41, 5.74) is 0.521. The van der Waals surface area contributed by atoms with Crippen LogP contribution in [0.4, 0.5) is 14.5 Å². The van der Waals surface area contributed by atoms with Crippen LogP contribution in [0.3, 0.4) is 0 Å². The summed E-state index contributed by atoms with van der Waals surface area (Å²) in [5.74, 6) is -1.89. The van der Waals surface area contributed by atoms with Gasteiger partial charge in [-0.15, -0.1) is 11.8 Å². The van der Waals surface area contributed by atoms with Crippen LogP contribution in [0.15, 0.2) is 91.5 Å². The van der Waals surface area contributed by atoms with E-state index in [0.717, 1.165) is 28.5 Å². The number of nitrogens with one attached hydrogen (secondary N) is 1. The molecule has 46 heavy (non-hydrogen) atoms. The Morgan fingerprint density at radius 3 is 2.52 bits per heavy atom. The maximum atomic E-state index is 14.9. The predicted molar refractivity (Wildman–Crippen MR) is 169 cm³/mol. The molecule has 1 fully saturated rings. The smallest absolute Gasteiger partial charge is 0.255 e. The van der Waals surface area contributed by atoms with Gasteiger partial charge in [-0.1, -0.05) is 49.4 Å². The fourth-order valence-electron chi connectivity index (χ4n) is 5.48. The fourth-order valence-corrected chi connectivity index (χ4v) is 6.80. The zero-order chi connectivity index (χ0) is 32.3. The molecule has 234 valence electrons. The van der Waals surface area contributed by atoms with Gasteiger partial charge in [0.25, 0.3) is 5.91 Å². The molecule has 0 radical (unpaired) electrons. The van der Waals surface area contributed by atoms with Gasteiger partial charge in [0, 0.05) is 44.5 Å². The van der Waals surface area contributed by atoms with Crippen LogP contribution in [-0.2, 0) is 21.6 Å². The van der Waals surface area contributed by atoms with Crippen molar-refractivity contribution in [1.82, 2.24) is 14.8 Å². The largest absolute Gasteiger partial charge is 0.382 e. The number of benzene rings is 4. The average molecular weight is 642 g/mol. The summed E-state index contributed by atoms with van der Waals surface area (Å²) in [5, 5.41) is 29.0. The van der Waals surface area contributed by atoms with Crippen molar-refractivity contribution >= 4 is 34.1 Å². The molecule has 5 aromatic rings. The number of carbonyl (C=O) groups excluding carboxylic acids is 1. The van der Waals surface area contributed by atoms with Gasteiger partial charge in [-0.3, -0.25) is 4.79 Å². The molecule has 9 nitrogen and oxygen atoms in total. The number of aromatic nitrogens is 3. The molecular formula is C34H29F2N5O4S. The molecular weight excluding hydrogens is 612 g/mol.